The second-order valence-corrected chi connectivity index (χ2v) is 14.6. The highest BCUT2D eigenvalue weighted by atomic mass is 16.3. The minimum Gasteiger partial charge on any atom is -0.456 e. The van der Waals surface area contributed by atoms with Gasteiger partial charge in [-0.1, -0.05) is 140 Å². The standard InChI is InChI=1S/C52H30N4O2/c1-3-13-31(14-4-1)33-17-11-18-34(29-33)50-54-51(56-52(55-50)41-22-12-21-37-36-19-7-9-23-43(36)58-49(37)41)35-25-26-38-42(30-35)53-48(32-15-5-2-6-16-32)40-27-28-45-47(46(38)40)39-20-8-10-24-44(39)57-45/h1-30H. The van der Waals surface area contributed by atoms with Crippen LogP contribution in [0.1, 0.15) is 0 Å². The molecular formula is C52H30N4O2. The number of para-hydroxylation sites is 3. The summed E-state index contributed by atoms with van der Waals surface area (Å²) >= 11 is 0. The molecule has 6 nitrogen and oxygen atoms in total. The number of pyridine rings is 1. The first-order valence-electron chi connectivity index (χ1n) is 19.3. The fourth-order valence-electron chi connectivity index (χ4n) is 8.41. The van der Waals surface area contributed by atoms with Crippen LogP contribution in [-0.4, -0.2) is 19.9 Å². The summed E-state index contributed by atoms with van der Waals surface area (Å²) in [6, 6.07) is 62.1. The van der Waals surface area contributed by atoms with Crippen molar-refractivity contribution >= 4 is 65.6 Å². The van der Waals surface area contributed by atoms with Crippen LogP contribution in [0.2, 0.25) is 0 Å². The van der Waals surface area contributed by atoms with E-state index >= 15 is 0 Å². The van der Waals surface area contributed by atoms with Gasteiger partial charge in [-0.15, -0.1) is 0 Å². The van der Waals surface area contributed by atoms with Crippen LogP contribution in [-0.2, 0) is 0 Å². The number of aromatic nitrogens is 4. The van der Waals surface area contributed by atoms with Crippen LogP contribution in [0, 0.1) is 0 Å². The van der Waals surface area contributed by atoms with Crippen molar-refractivity contribution < 1.29 is 8.83 Å². The molecule has 0 spiro atoms. The van der Waals surface area contributed by atoms with Gasteiger partial charge in [0.15, 0.2) is 17.5 Å². The van der Waals surface area contributed by atoms with Crippen LogP contribution >= 0.6 is 0 Å². The molecule has 0 atom stereocenters. The SMILES string of the molecule is c1ccc(-c2cccc(-c3nc(-c4ccc5c(c4)nc(-c4ccccc4)c4ccc6oc7ccccc7c6c45)nc(-c4cccc5c4oc4ccccc45)n3)c2)cc1. The molecule has 0 aliphatic heterocycles. The lowest BCUT2D eigenvalue weighted by molar-refractivity contribution is 0.669. The Morgan fingerprint density at radius 1 is 0.310 bits per heavy atom. The van der Waals surface area contributed by atoms with Gasteiger partial charge in [0.05, 0.1) is 16.8 Å². The molecule has 58 heavy (non-hydrogen) atoms. The molecule has 0 unspecified atom stereocenters. The van der Waals surface area contributed by atoms with Crippen molar-refractivity contribution in [3.8, 4) is 56.5 Å². The zero-order valence-corrected chi connectivity index (χ0v) is 30.9. The van der Waals surface area contributed by atoms with E-state index in [-0.39, 0.29) is 0 Å². The van der Waals surface area contributed by atoms with Crippen LogP contribution in [0.4, 0.5) is 0 Å². The quantitative estimate of drug-likeness (QED) is 0.163. The highest BCUT2D eigenvalue weighted by molar-refractivity contribution is 6.28. The second-order valence-electron chi connectivity index (χ2n) is 14.6. The molecule has 12 aromatic rings. The maximum atomic E-state index is 6.50. The molecule has 0 amide bonds. The fourth-order valence-corrected chi connectivity index (χ4v) is 8.41. The summed E-state index contributed by atoms with van der Waals surface area (Å²) in [6.45, 7) is 0. The van der Waals surface area contributed by atoms with Gasteiger partial charge < -0.3 is 8.83 Å². The normalized spacial score (nSPS) is 11.8. The van der Waals surface area contributed by atoms with Crippen molar-refractivity contribution in [3.05, 3.63) is 182 Å². The van der Waals surface area contributed by atoms with E-state index in [1.165, 1.54) is 0 Å². The van der Waals surface area contributed by atoms with Gasteiger partial charge in [-0.2, -0.15) is 0 Å². The average molecular weight is 743 g/mol. The highest BCUT2D eigenvalue weighted by Gasteiger charge is 2.21. The summed E-state index contributed by atoms with van der Waals surface area (Å²) in [5, 5.41) is 7.39. The van der Waals surface area contributed by atoms with Crippen molar-refractivity contribution in [2.75, 3.05) is 0 Å². The summed E-state index contributed by atoms with van der Waals surface area (Å²) in [4.78, 5) is 20.9. The molecule has 8 aromatic carbocycles. The average Bonchev–Trinajstić information content (AvgIpc) is 3.88. The number of benzene rings is 8. The molecule has 0 radical (unpaired) electrons. The number of hydrogen-bond donors (Lipinski definition) is 0. The smallest absolute Gasteiger partial charge is 0.167 e. The van der Waals surface area contributed by atoms with Gasteiger partial charge in [0.1, 0.15) is 22.3 Å². The summed E-state index contributed by atoms with van der Waals surface area (Å²) in [7, 11) is 0. The summed E-state index contributed by atoms with van der Waals surface area (Å²) < 4.78 is 12.9. The molecule has 0 bridgehead atoms. The molecule has 0 aliphatic carbocycles. The van der Waals surface area contributed by atoms with Crippen LogP contribution in [0.25, 0.3) is 122 Å². The van der Waals surface area contributed by atoms with E-state index in [0.29, 0.717) is 17.5 Å². The Morgan fingerprint density at radius 2 is 0.914 bits per heavy atom. The zero-order chi connectivity index (χ0) is 38.2. The van der Waals surface area contributed by atoms with Crippen molar-refractivity contribution in [1.29, 1.82) is 0 Å². The van der Waals surface area contributed by atoms with E-state index in [9.17, 15) is 0 Å². The van der Waals surface area contributed by atoms with Crippen LogP contribution in [0.3, 0.4) is 0 Å². The summed E-state index contributed by atoms with van der Waals surface area (Å²) in [6.07, 6.45) is 0. The summed E-state index contributed by atoms with van der Waals surface area (Å²) in [5.41, 5.74) is 10.7. The minimum absolute atomic E-state index is 0.526. The van der Waals surface area contributed by atoms with Crippen LogP contribution < -0.4 is 0 Å². The maximum absolute atomic E-state index is 6.50. The lowest BCUT2D eigenvalue weighted by atomic mass is 9.95. The fraction of sp³-hybridized carbons (Fsp3) is 0. The minimum atomic E-state index is 0.526. The lowest BCUT2D eigenvalue weighted by Gasteiger charge is -2.13. The first-order valence-corrected chi connectivity index (χ1v) is 19.3. The maximum Gasteiger partial charge on any atom is 0.167 e. The lowest BCUT2D eigenvalue weighted by Crippen LogP contribution is -2.01. The van der Waals surface area contributed by atoms with Crippen molar-refractivity contribution in [3.63, 3.8) is 0 Å². The largest absolute Gasteiger partial charge is 0.456 e. The van der Waals surface area contributed by atoms with Gasteiger partial charge in [-0.05, 0) is 53.6 Å². The monoisotopic (exact) mass is 742 g/mol. The molecule has 6 heteroatoms. The van der Waals surface area contributed by atoms with Gasteiger partial charge >= 0.3 is 0 Å². The summed E-state index contributed by atoms with van der Waals surface area (Å²) in [5.74, 6) is 1.63. The third-order valence-electron chi connectivity index (χ3n) is 11.1. The van der Waals surface area contributed by atoms with E-state index in [1.54, 1.807) is 0 Å². The topological polar surface area (TPSA) is 77.8 Å². The molecule has 12 rings (SSSR count). The van der Waals surface area contributed by atoms with E-state index < -0.39 is 0 Å². The molecule has 0 saturated heterocycles. The van der Waals surface area contributed by atoms with Crippen molar-refractivity contribution in [1.82, 2.24) is 19.9 Å². The molecular weight excluding hydrogens is 713 g/mol. The van der Waals surface area contributed by atoms with Crippen LogP contribution in [0.5, 0.6) is 0 Å². The van der Waals surface area contributed by atoms with Gasteiger partial charge in [0.25, 0.3) is 0 Å². The first-order chi connectivity index (χ1) is 28.7. The van der Waals surface area contributed by atoms with E-state index in [4.69, 9.17) is 28.8 Å². The molecule has 0 saturated carbocycles. The number of fused-ring (bicyclic) bond motifs is 10. The van der Waals surface area contributed by atoms with Crippen molar-refractivity contribution in [2.24, 2.45) is 0 Å². The van der Waals surface area contributed by atoms with Crippen molar-refractivity contribution in [2.45, 2.75) is 0 Å². The molecule has 4 aromatic heterocycles. The predicted molar refractivity (Wildman–Crippen MR) is 234 cm³/mol. The van der Waals surface area contributed by atoms with Gasteiger partial charge in [-0.3, -0.25) is 0 Å². The van der Waals surface area contributed by atoms with Gasteiger partial charge in [0.2, 0.25) is 0 Å². The highest BCUT2D eigenvalue weighted by Crippen LogP contribution is 2.42. The van der Waals surface area contributed by atoms with E-state index in [1.807, 2.05) is 54.6 Å². The first kappa shape index (κ1) is 32.3. The Labute approximate surface area is 331 Å². The molecule has 4 heterocycles. The number of hydrogen-bond acceptors (Lipinski definition) is 6. The van der Waals surface area contributed by atoms with Gasteiger partial charge in [0, 0.05) is 54.4 Å². The number of nitrogens with zero attached hydrogens (tertiary/aromatic N) is 4. The van der Waals surface area contributed by atoms with Crippen LogP contribution in [0.15, 0.2) is 191 Å². The zero-order valence-electron chi connectivity index (χ0n) is 30.9. The Balaban J connectivity index is 1.12. The predicted octanol–water partition coefficient (Wildman–Crippen LogP) is 13.7. The molecule has 270 valence electrons. The molecule has 0 fully saturated rings. The second kappa shape index (κ2) is 12.8. The Bertz CT molecular complexity index is 3570. The Morgan fingerprint density at radius 3 is 1.72 bits per heavy atom. The third-order valence-corrected chi connectivity index (χ3v) is 11.1. The Hall–Kier alpha value is -7.96. The van der Waals surface area contributed by atoms with E-state index in [0.717, 1.165) is 105 Å². The van der Waals surface area contributed by atoms with E-state index in [2.05, 4.69) is 127 Å². The molecule has 0 N–H and O–H groups in total. The van der Waals surface area contributed by atoms with Gasteiger partial charge in [-0.25, -0.2) is 19.9 Å². The third kappa shape index (κ3) is 5.12. The number of furan rings is 2. The number of rotatable bonds is 5. The molecule has 0 aliphatic rings. The Kier molecular flexibility index (Phi) is 7.13.